The second-order valence-electron chi connectivity index (χ2n) is 7.57. The minimum atomic E-state index is -0.308. The molecule has 4 nitrogen and oxygen atoms in total. The minimum absolute atomic E-state index is 0.0598. The number of nitrogens with zero attached hydrogens (tertiary/aromatic N) is 1. The van der Waals surface area contributed by atoms with E-state index in [2.05, 4.69) is 44.8 Å². The molecule has 1 rings (SSSR count). The fourth-order valence-electron chi connectivity index (χ4n) is 2.93. The largest absolute Gasteiger partial charge is 0.390 e. The van der Waals surface area contributed by atoms with Gasteiger partial charge in [0.15, 0.2) is 0 Å². The number of nitrogens with one attached hydrogen (secondary N) is 1. The van der Waals surface area contributed by atoms with E-state index in [1.165, 1.54) is 0 Å². The van der Waals surface area contributed by atoms with Gasteiger partial charge in [-0.1, -0.05) is 20.8 Å². The molecule has 1 unspecified atom stereocenters. The third kappa shape index (κ3) is 7.88. The highest BCUT2D eigenvalue weighted by Crippen LogP contribution is 2.26. The number of ether oxygens (including phenoxy) is 1. The maximum absolute atomic E-state index is 10.1. The molecule has 4 heteroatoms. The summed E-state index contributed by atoms with van der Waals surface area (Å²) in [6.07, 6.45) is 0.780. The van der Waals surface area contributed by atoms with Gasteiger partial charge in [-0.25, -0.2) is 0 Å². The molecular weight excluding hydrogens is 240 g/mol. The lowest BCUT2D eigenvalue weighted by atomic mass is 9.82. The quantitative estimate of drug-likeness (QED) is 0.769. The van der Waals surface area contributed by atoms with Crippen LogP contribution in [0.25, 0.3) is 0 Å². The third-order valence-corrected chi connectivity index (χ3v) is 3.36. The van der Waals surface area contributed by atoms with Crippen molar-refractivity contribution in [2.75, 3.05) is 39.4 Å². The molecule has 0 aromatic heterocycles. The monoisotopic (exact) mass is 272 g/mol. The van der Waals surface area contributed by atoms with Crippen molar-refractivity contribution in [1.29, 1.82) is 0 Å². The van der Waals surface area contributed by atoms with Crippen LogP contribution in [0.2, 0.25) is 0 Å². The first-order valence-corrected chi connectivity index (χ1v) is 7.41. The van der Waals surface area contributed by atoms with Crippen molar-refractivity contribution < 1.29 is 9.84 Å². The van der Waals surface area contributed by atoms with Crippen LogP contribution in [0.4, 0.5) is 0 Å². The molecule has 1 aliphatic heterocycles. The van der Waals surface area contributed by atoms with E-state index in [0.29, 0.717) is 12.0 Å². The topological polar surface area (TPSA) is 44.7 Å². The molecule has 0 saturated carbocycles. The van der Waals surface area contributed by atoms with Gasteiger partial charge in [-0.2, -0.15) is 0 Å². The maximum atomic E-state index is 10.1. The molecule has 19 heavy (non-hydrogen) atoms. The van der Waals surface area contributed by atoms with Crippen molar-refractivity contribution >= 4 is 0 Å². The van der Waals surface area contributed by atoms with Gasteiger partial charge in [-0.3, -0.25) is 4.90 Å². The highest BCUT2D eigenvalue weighted by Gasteiger charge is 2.26. The first-order chi connectivity index (χ1) is 8.68. The lowest BCUT2D eigenvalue weighted by Gasteiger charge is -2.35. The summed E-state index contributed by atoms with van der Waals surface area (Å²) in [5.41, 5.74) is 0.357. The van der Waals surface area contributed by atoms with Crippen molar-refractivity contribution in [1.82, 2.24) is 10.2 Å². The molecule has 1 fully saturated rings. The molecule has 1 atom stereocenters. The third-order valence-electron chi connectivity index (χ3n) is 3.36. The Morgan fingerprint density at radius 3 is 2.26 bits per heavy atom. The molecule has 0 aliphatic carbocycles. The van der Waals surface area contributed by atoms with Crippen LogP contribution in [0, 0.1) is 5.41 Å². The van der Waals surface area contributed by atoms with Crippen LogP contribution in [0.3, 0.4) is 0 Å². The van der Waals surface area contributed by atoms with Crippen LogP contribution in [-0.4, -0.2) is 61.0 Å². The Balaban J connectivity index is 2.26. The summed E-state index contributed by atoms with van der Waals surface area (Å²) in [7, 11) is 0. The smallest absolute Gasteiger partial charge is 0.0791 e. The van der Waals surface area contributed by atoms with Crippen LogP contribution in [0.1, 0.15) is 41.0 Å². The number of hydrogen-bond donors (Lipinski definition) is 2. The molecule has 1 aliphatic rings. The van der Waals surface area contributed by atoms with Gasteiger partial charge in [-0.05, 0) is 25.7 Å². The molecule has 0 amide bonds. The lowest BCUT2D eigenvalue weighted by molar-refractivity contribution is 0.0133. The predicted molar refractivity (Wildman–Crippen MR) is 79.4 cm³/mol. The summed E-state index contributed by atoms with van der Waals surface area (Å²) in [6.45, 7) is 16.0. The average molecular weight is 272 g/mol. The lowest BCUT2D eigenvalue weighted by Crippen LogP contribution is -2.49. The van der Waals surface area contributed by atoms with Crippen LogP contribution in [-0.2, 0) is 4.74 Å². The standard InChI is InChI=1S/C15H32N2O2/c1-14(2,3)12-15(4,5)16-10-13(18)11-17-6-8-19-9-7-17/h13,16,18H,6-12H2,1-5H3. The number of hydrogen-bond acceptors (Lipinski definition) is 4. The van der Waals surface area contributed by atoms with Gasteiger partial charge in [0.2, 0.25) is 0 Å². The summed E-state index contributed by atoms with van der Waals surface area (Å²) < 4.78 is 5.31. The molecule has 0 spiro atoms. The second kappa shape index (κ2) is 7.02. The highest BCUT2D eigenvalue weighted by atomic mass is 16.5. The van der Waals surface area contributed by atoms with Crippen molar-refractivity contribution in [3.05, 3.63) is 0 Å². The normalized spacial score (nSPS) is 20.5. The number of β-amino-alcohol motifs (C(OH)–C–C–N with tert-alkyl or cyclic N) is 1. The summed E-state index contributed by atoms with van der Waals surface area (Å²) in [5.74, 6) is 0. The van der Waals surface area contributed by atoms with E-state index >= 15 is 0 Å². The van der Waals surface area contributed by atoms with Gasteiger partial charge >= 0.3 is 0 Å². The van der Waals surface area contributed by atoms with Crippen molar-refractivity contribution in [3.63, 3.8) is 0 Å². The zero-order valence-electron chi connectivity index (χ0n) is 13.3. The number of aliphatic hydroxyl groups is 1. The number of morpholine rings is 1. The highest BCUT2D eigenvalue weighted by molar-refractivity contribution is 4.84. The Bertz CT molecular complexity index is 255. The molecule has 0 radical (unpaired) electrons. The first kappa shape index (κ1) is 16.9. The Morgan fingerprint density at radius 1 is 1.16 bits per heavy atom. The van der Waals surface area contributed by atoms with E-state index in [0.717, 1.165) is 39.3 Å². The van der Waals surface area contributed by atoms with Crippen LogP contribution in [0.15, 0.2) is 0 Å². The molecule has 0 aromatic rings. The van der Waals surface area contributed by atoms with E-state index in [4.69, 9.17) is 4.74 Å². The number of aliphatic hydroxyl groups excluding tert-OH is 1. The summed E-state index contributed by atoms with van der Waals surface area (Å²) in [6, 6.07) is 0. The van der Waals surface area contributed by atoms with E-state index < -0.39 is 0 Å². The zero-order chi connectivity index (χ0) is 14.5. The molecular formula is C15H32N2O2. The van der Waals surface area contributed by atoms with Gasteiger partial charge in [0, 0.05) is 31.7 Å². The Hall–Kier alpha value is -0.160. The average Bonchev–Trinajstić information content (AvgIpc) is 2.25. The van der Waals surface area contributed by atoms with Crippen LogP contribution >= 0.6 is 0 Å². The van der Waals surface area contributed by atoms with Crippen molar-refractivity contribution in [2.45, 2.75) is 52.7 Å². The van der Waals surface area contributed by atoms with E-state index in [1.54, 1.807) is 0 Å². The SMILES string of the molecule is CC(C)(C)CC(C)(C)NCC(O)CN1CCOCC1. The minimum Gasteiger partial charge on any atom is -0.390 e. The molecule has 2 N–H and O–H groups in total. The maximum Gasteiger partial charge on any atom is 0.0791 e. The van der Waals surface area contributed by atoms with Crippen molar-refractivity contribution in [3.8, 4) is 0 Å². The van der Waals surface area contributed by atoms with Gasteiger partial charge in [-0.15, -0.1) is 0 Å². The fraction of sp³-hybridized carbons (Fsp3) is 1.00. The fourth-order valence-corrected chi connectivity index (χ4v) is 2.93. The van der Waals surface area contributed by atoms with E-state index in [1.807, 2.05) is 0 Å². The van der Waals surface area contributed by atoms with Gasteiger partial charge in [0.05, 0.1) is 19.3 Å². The summed E-state index contributed by atoms with van der Waals surface area (Å²) in [4.78, 5) is 2.27. The Kier molecular flexibility index (Phi) is 6.24. The van der Waals surface area contributed by atoms with Gasteiger partial charge in [0.25, 0.3) is 0 Å². The van der Waals surface area contributed by atoms with E-state index in [9.17, 15) is 5.11 Å². The van der Waals surface area contributed by atoms with Crippen LogP contribution in [0.5, 0.6) is 0 Å². The zero-order valence-corrected chi connectivity index (χ0v) is 13.3. The molecule has 1 saturated heterocycles. The Morgan fingerprint density at radius 2 is 1.74 bits per heavy atom. The Labute approximate surface area is 118 Å². The molecule has 0 aromatic carbocycles. The first-order valence-electron chi connectivity index (χ1n) is 7.41. The van der Waals surface area contributed by atoms with Crippen molar-refractivity contribution in [2.24, 2.45) is 5.41 Å². The van der Waals surface area contributed by atoms with Gasteiger partial charge < -0.3 is 15.2 Å². The predicted octanol–water partition coefficient (Wildman–Crippen LogP) is 1.48. The molecule has 114 valence electrons. The number of rotatable bonds is 6. The van der Waals surface area contributed by atoms with Crippen LogP contribution < -0.4 is 5.32 Å². The second-order valence-corrected chi connectivity index (χ2v) is 7.57. The van der Waals surface area contributed by atoms with E-state index in [-0.39, 0.29) is 11.6 Å². The summed E-state index contributed by atoms with van der Waals surface area (Å²) in [5, 5.41) is 13.6. The molecule has 1 heterocycles. The van der Waals surface area contributed by atoms with Gasteiger partial charge in [0.1, 0.15) is 0 Å². The molecule has 0 bridgehead atoms. The summed E-state index contributed by atoms with van der Waals surface area (Å²) >= 11 is 0.